The van der Waals surface area contributed by atoms with E-state index in [4.69, 9.17) is 0 Å². The molecule has 1 atom stereocenters. The fourth-order valence-electron chi connectivity index (χ4n) is 2.77. The van der Waals surface area contributed by atoms with Crippen LogP contribution in [-0.2, 0) is 6.42 Å². The molecular weight excluding hydrogens is 254 g/mol. The first-order chi connectivity index (χ1) is 10.1. The van der Waals surface area contributed by atoms with Crippen molar-refractivity contribution in [3.63, 3.8) is 0 Å². The smallest absolute Gasteiger partial charge is 0.0320 e. The highest BCUT2D eigenvalue weighted by Crippen LogP contribution is 2.22. The summed E-state index contributed by atoms with van der Waals surface area (Å²) >= 11 is 0. The topological polar surface area (TPSA) is 12.0 Å². The Bertz CT molecular complexity index is 554. The molecule has 0 radical (unpaired) electrons. The molecule has 0 heterocycles. The molecule has 112 valence electrons. The van der Waals surface area contributed by atoms with Gasteiger partial charge >= 0.3 is 0 Å². The first kappa shape index (κ1) is 15.8. The first-order valence-electron chi connectivity index (χ1n) is 7.93. The van der Waals surface area contributed by atoms with Crippen LogP contribution >= 0.6 is 0 Å². The van der Waals surface area contributed by atoms with Gasteiger partial charge in [0.1, 0.15) is 0 Å². The summed E-state index contributed by atoms with van der Waals surface area (Å²) in [6.07, 6.45) is 2.24. The van der Waals surface area contributed by atoms with Gasteiger partial charge in [-0.2, -0.15) is 0 Å². The van der Waals surface area contributed by atoms with Gasteiger partial charge in [0.15, 0.2) is 0 Å². The molecule has 2 rings (SSSR count). The maximum absolute atomic E-state index is 3.45. The Morgan fingerprint density at radius 2 is 1.62 bits per heavy atom. The Hall–Kier alpha value is -1.60. The zero-order valence-corrected chi connectivity index (χ0v) is 13.7. The van der Waals surface area contributed by atoms with Crippen LogP contribution in [0.4, 0.5) is 0 Å². The zero-order chi connectivity index (χ0) is 15.2. The molecule has 1 N–H and O–H groups in total. The average molecular weight is 281 g/mol. The molecule has 1 heteroatoms. The van der Waals surface area contributed by atoms with Crippen LogP contribution in [0.25, 0.3) is 0 Å². The molecule has 2 aromatic rings. The molecule has 0 spiro atoms. The van der Waals surface area contributed by atoms with Crippen LogP contribution in [-0.4, -0.2) is 7.05 Å². The highest BCUT2D eigenvalue weighted by Gasteiger charge is 2.10. The Balaban J connectivity index is 2.02. The molecule has 0 bridgehead atoms. The molecule has 0 saturated carbocycles. The van der Waals surface area contributed by atoms with Crippen molar-refractivity contribution in [3.8, 4) is 0 Å². The molecule has 0 fully saturated rings. The van der Waals surface area contributed by atoms with Gasteiger partial charge < -0.3 is 5.32 Å². The van der Waals surface area contributed by atoms with Crippen LogP contribution in [0.2, 0.25) is 0 Å². The molecular formula is C20H27N. The van der Waals surface area contributed by atoms with E-state index in [2.05, 4.69) is 81.7 Å². The van der Waals surface area contributed by atoms with Gasteiger partial charge in [0, 0.05) is 6.04 Å². The van der Waals surface area contributed by atoms with E-state index in [0.717, 1.165) is 12.8 Å². The first-order valence-corrected chi connectivity index (χ1v) is 7.93. The van der Waals surface area contributed by atoms with Gasteiger partial charge in [0.25, 0.3) is 0 Å². The lowest BCUT2D eigenvalue weighted by Gasteiger charge is -2.18. The van der Waals surface area contributed by atoms with E-state index in [1.807, 2.05) is 0 Å². The standard InChI is InChI=1S/C20H27N/c1-15(2)18-9-11-19(12-10-18)20(21-4)13-8-17-7-5-6-16(3)14-17/h5-7,9-12,14-15,20-21H,8,13H2,1-4H3. The maximum atomic E-state index is 3.45. The predicted molar refractivity (Wildman–Crippen MR) is 91.8 cm³/mol. The minimum Gasteiger partial charge on any atom is -0.313 e. The van der Waals surface area contributed by atoms with Crippen molar-refractivity contribution in [2.75, 3.05) is 7.05 Å². The molecule has 0 aliphatic rings. The van der Waals surface area contributed by atoms with Gasteiger partial charge in [-0.1, -0.05) is 67.9 Å². The predicted octanol–water partition coefficient (Wildman–Crippen LogP) is 5.01. The summed E-state index contributed by atoms with van der Waals surface area (Å²) in [6, 6.07) is 18.3. The van der Waals surface area contributed by atoms with Gasteiger partial charge in [-0.15, -0.1) is 0 Å². The Labute approximate surface area is 129 Å². The van der Waals surface area contributed by atoms with Crippen molar-refractivity contribution in [3.05, 3.63) is 70.8 Å². The van der Waals surface area contributed by atoms with E-state index < -0.39 is 0 Å². The Kier molecular flexibility index (Phi) is 5.58. The molecule has 0 aromatic heterocycles. The molecule has 2 aromatic carbocycles. The van der Waals surface area contributed by atoms with E-state index in [1.54, 1.807) is 0 Å². The van der Waals surface area contributed by atoms with Crippen LogP contribution in [0, 0.1) is 6.92 Å². The number of nitrogens with one attached hydrogen (secondary N) is 1. The quantitative estimate of drug-likeness (QED) is 0.784. The molecule has 0 saturated heterocycles. The van der Waals surface area contributed by atoms with E-state index in [-0.39, 0.29) is 0 Å². The van der Waals surface area contributed by atoms with Gasteiger partial charge in [-0.25, -0.2) is 0 Å². The average Bonchev–Trinajstić information content (AvgIpc) is 2.48. The second-order valence-corrected chi connectivity index (χ2v) is 6.19. The Morgan fingerprint density at radius 3 is 2.19 bits per heavy atom. The third-order valence-corrected chi connectivity index (χ3v) is 4.16. The van der Waals surface area contributed by atoms with E-state index in [9.17, 15) is 0 Å². The minimum absolute atomic E-state index is 0.423. The van der Waals surface area contributed by atoms with Crippen LogP contribution in [0.3, 0.4) is 0 Å². The second kappa shape index (κ2) is 7.42. The van der Waals surface area contributed by atoms with Crippen LogP contribution in [0.15, 0.2) is 48.5 Å². The van der Waals surface area contributed by atoms with Gasteiger partial charge in [0.05, 0.1) is 0 Å². The molecule has 0 amide bonds. The lowest BCUT2D eigenvalue weighted by Crippen LogP contribution is -2.17. The largest absolute Gasteiger partial charge is 0.313 e. The van der Waals surface area contributed by atoms with Gasteiger partial charge in [0.2, 0.25) is 0 Å². The van der Waals surface area contributed by atoms with Crippen molar-refractivity contribution >= 4 is 0 Å². The molecule has 0 aliphatic heterocycles. The van der Waals surface area contributed by atoms with Crippen molar-refractivity contribution in [1.29, 1.82) is 0 Å². The number of rotatable bonds is 6. The summed E-state index contributed by atoms with van der Waals surface area (Å²) in [5.41, 5.74) is 5.56. The summed E-state index contributed by atoms with van der Waals surface area (Å²) < 4.78 is 0. The van der Waals surface area contributed by atoms with Crippen LogP contribution < -0.4 is 5.32 Å². The Morgan fingerprint density at radius 1 is 0.952 bits per heavy atom. The van der Waals surface area contributed by atoms with Crippen molar-refractivity contribution < 1.29 is 0 Å². The molecule has 21 heavy (non-hydrogen) atoms. The second-order valence-electron chi connectivity index (χ2n) is 6.19. The van der Waals surface area contributed by atoms with Crippen LogP contribution in [0.5, 0.6) is 0 Å². The van der Waals surface area contributed by atoms with Crippen molar-refractivity contribution in [2.45, 2.75) is 45.6 Å². The highest BCUT2D eigenvalue weighted by atomic mass is 14.9. The lowest BCUT2D eigenvalue weighted by atomic mass is 9.95. The fourth-order valence-corrected chi connectivity index (χ4v) is 2.77. The summed E-state index contributed by atoms with van der Waals surface area (Å²) in [4.78, 5) is 0. The fraction of sp³-hybridized carbons (Fsp3) is 0.400. The number of hydrogen-bond donors (Lipinski definition) is 1. The van der Waals surface area contributed by atoms with Gasteiger partial charge in [-0.3, -0.25) is 0 Å². The number of hydrogen-bond acceptors (Lipinski definition) is 1. The zero-order valence-electron chi connectivity index (χ0n) is 13.7. The maximum Gasteiger partial charge on any atom is 0.0320 e. The van der Waals surface area contributed by atoms with Crippen molar-refractivity contribution in [2.24, 2.45) is 0 Å². The van der Waals surface area contributed by atoms with E-state index >= 15 is 0 Å². The summed E-state index contributed by atoms with van der Waals surface area (Å²) in [6.45, 7) is 6.63. The third kappa shape index (κ3) is 4.44. The van der Waals surface area contributed by atoms with E-state index in [1.165, 1.54) is 22.3 Å². The van der Waals surface area contributed by atoms with E-state index in [0.29, 0.717) is 12.0 Å². The van der Waals surface area contributed by atoms with Crippen molar-refractivity contribution in [1.82, 2.24) is 5.32 Å². The number of aryl methyl sites for hydroxylation is 2. The molecule has 0 aliphatic carbocycles. The number of benzene rings is 2. The minimum atomic E-state index is 0.423. The summed E-state index contributed by atoms with van der Waals surface area (Å²) in [7, 11) is 2.05. The lowest BCUT2D eigenvalue weighted by molar-refractivity contribution is 0.549. The van der Waals surface area contributed by atoms with Gasteiger partial charge in [-0.05, 0) is 49.4 Å². The summed E-state index contributed by atoms with van der Waals surface area (Å²) in [5.74, 6) is 0.597. The molecule has 1 nitrogen and oxygen atoms in total. The third-order valence-electron chi connectivity index (χ3n) is 4.16. The van der Waals surface area contributed by atoms with Crippen LogP contribution in [0.1, 0.15) is 54.5 Å². The highest BCUT2D eigenvalue weighted by molar-refractivity contribution is 5.27. The monoisotopic (exact) mass is 281 g/mol. The normalized spacial score (nSPS) is 12.6. The molecule has 1 unspecified atom stereocenters. The summed E-state index contributed by atoms with van der Waals surface area (Å²) in [5, 5.41) is 3.45. The SMILES string of the molecule is CNC(CCc1cccc(C)c1)c1ccc(C(C)C)cc1.